The first-order valence-electron chi connectivity index (χ1n) is 8.17. The molecular weight excluding hydrogens is 364 g/mol. The van der Waals surface area contributed by atoms with E-state index in [0.717, 1.165) is 25.7 Å². The van der Waals surface area contributed by atoms with Crippen LogP contribution in [0.15, 0.2) is 34.2 Å². The SMILES string of the molecule is Cl.NCC1CCCCC1NC(=O)CN=C1NS(=O)(=O)c2ccccc21. The molecule has 1 aliphatic carbocycles. The van der Waals surface area contributed by atoms with Crippen molar-refractivity contribution in [3.05, 3.63) is 29.8 Å². The van der Waals surface area contributed by atoms with E-state index in [9.17, 15) is 13.2 Å². The van der Waals surface area contributed by atoms with Gasteiger partial charge in [-0.2, -0.15) is 0 Å². The number of hydrogen-bond acceptors (Lipinski definition) is 5. The Morgan fingerprint density at radius 3 is 2.76 bits per heavy atom. The first kappa shape index (κ1) is 19.7. The van der Waals surface area contributed by atoms with Crippen LogP contribution in [0.25, 0.3) is 0 Å². The number of carbonyl (C=O) groups excluding carboxylic acids is 1. The van der Waals surface area contributed by atoms with Crippen molar-refractivity contribution in [2.45, 2.75) is 36.6 Å². The zero-order valence-corrected chi connectivity index (χ0v) is 15.4. The monoisotopic (exact) mass is 386 g/mol. The van der Waals surface area contributed by atoms with Crippen molar-refractivity contribution in [1.29, 1.82) is 0 Å². The van der Waals surface area contributed by atoms with Crippen molar-refractivity contribution in [3.8, 4) is 0 Å². The number of amides is 1. The van der Waals surface area contributed by atoms with Gasteiger partial charge in [-0.25, -0.2) is 8.42 Å². The fourth-order valence-electron chi connectivity index (χ4n) is 3.33. The van der Waals surface area contributed by atoms with Crippen LogP contribution >= 0.6 is 12.4 Å². The van der Waals surface area contributed by atoms with Crippen LogP contribution in [0.2, 0.25) is 0 Å². The number of nitrogens with zero attached hydrogens (tertiary/aromatic N) is 1. The Labute approximate surface area is 153 Å². The molecule has 2 aliphatic rings. The normalized spacial score (nSPS) is 25.6. The summed E-state index contributed by atoms with van der Waals surface area (Å²) in [7, 11) is -3.57. The molecular formula is C16H23ClN4O3S. The van der Waals surface area contributed by atoms with Gasteiger partial charge in [0, 0.05) is 11.6 Å². The zero-order chi connectivity index (χ0) is 17.2. The van der Waals surface area contributed by atoms with E-state index in [0.29, 0.717) is 18.0 Å². The van der Waals surface area contributed by atoms with Crippen molar-refractivity contribution < 1.29 is 13.2 Å². The minimum absolute atomic E-state index is 0. The smallest absolute Gasteiger partial charge is 0.263 e. The van der Waals surface area contributed by atoms with Gasteiger partial charge in [-0.05, 0) is 37.4 Å². The summed E-state index contributed by atoms with van der Waals surface area (Å²) in [6.07, 6.45) is 4.20. The standard InChI is InChI=1S/C16H22N4O3S.ClH/c17-9-11-5-1-3-7-13(11)19-15(21)10-18-16-12-6-2-4-8-14(12)24(22,23)20-16;/h2,4,6,8,11,13H,1,3,5,7,9-10,17H2,(H,18,20)(H,19,21);1H. The van der Waals surface area contributed by atoms with Crippen LogP contribution in [-0.4, -0.2) is 39.3 Å². The molecule has 2 unspecified atom stereocenters. The Kier molecular flexibility index (Phi) is 6.42. The number of rotatable bonds is 4. The summed E-state index contributed by atoms with van der Waals surface area (Å²) in [5.74, 6) is 0.317. The average molecular weight is 387 g/mol. The first-order chi connectivity index (χ1) is 11.5. The predicted octanol–water partition coefficient (Wildman–Crippen LogP) is 0.781. The highest BCUT2D eigenvalue weighted by atomic mass is 35.5. The van der Waals surface area contributed by atoms with E-state index < -0.39 is 10.0 Å². The molecule has 0 saturated heterocycles. The van der Waals surface area contributed by atoms with E-state index in [-0.39, 0.29) is 41.6 Å². The molecule has 0 bridgehead atoms. The van der Waals surface area contributed by atoms with E-state index in [1.807, 2.05) is 0 Å². The van der Waals surface area contributed by atoms with Gasteiger partial charge in [0.1, 0.15) is 12.4 Å². The van der Waals surface area contributed by atoms with E-state index >= 15 is 0 Å². The largest absolute Gasteiger partial charge is 0.351 e. The Morgan fingerprint density at radius 2 is 2.00 bits per heavy atom. The van der Waals surface area contributed by atoms with Gasteiger partial charge in [0.25, 0.3) is 10.0 Å². The second kappa shape index (κ2) is 8.16. The van der Waals surface area contributed by atoms with E-state index in [2.05, 4.69) is 15.0 Å². The minimum atomic E-state index is -3.57. The lowest BCUT2D eigenvalue weighted by atomic mass is 9.84. The number of benzene rings is 1. The van der Waals surface area contributed by atoms with E-state index in [1.54, 1.807) is 18.2 Å². The van der Waals surface area contributed by atoms with Crippen LogP contribution in [0, 0.1) is 5.92 Å². The van der Waals surface area contributed by atoms with Gasteiger partial charge in [-0.3, -0.25) is 14.5 Å². The summed E-state index contributed by atoms with van der Waals surface area (Å²) in [4.78, 5) is 16.5. The highest BCUT2D eigenvalue weighted by molar-refractivity contribution is 7.90. The molecule has 1 amide bonds. The minimum Gasteiger partial charge on any atom is -0.351 e. The van der Waals surface area contributed by atoms with Gasteiger partial charge in [-0.15, -0.1) is 12.4 Å². The Hall–Kier alpha value is -1.64. The Bertz CT molecular complexity index is 766. The summed E-state index contributed by atoms with van der Waals surface area (Å²) in [6.45, 7) is 0.451. The zero-order valence-electron chi connectivity index (χ0n) is 13.8. The maximum atomic E-state index is 12.2. The third-order valence-corrected chi connectivity index (χ3v) is 6.00. The second-order valence-electron chi connectivity index (χ2n) is 6.22. The average Bonchev–Trinajstić information content (AvgIpc) is 2.85. The molecule has 1 aromatic carbocycles. The van der Waals surface area contributed by atoms with Gasteiger partial charge in [0.15, 0.2) is 0 Å². The fourth-order valence-corrected chi connectivity index (χ4v) is 4.59. The number of nitrogens with one attached hydrogen (secondary N) is 2. The number of nitrogens with two attached hydrogens (primary N) is 1. The van der Waals surface area contributed by atoms with Crippen LogP contribution < -0.4 is 15.8 Å². The predicted molar refractivity (Wildman–Crippen MR) is 98.4 cm³/mol. The van der Waals surface area contributed by atoms with Gasteiger partial charge < -0.3 is 11.1 Å². The topological polar surface area (TPSA) is 114 Å². The number of aliphatic imine (C=N–C) groups is 1. The van der Waals surface area contributed by atoms with Crippen molar-refractivity contribution in [1.82, 2.24) is 10.0 Å². The van der Waals surface area contributed by atoms with Gasteiger partial charge >= 0.3 is 0 Å². The Balaban J connectivity index is 0.00000225. The molecule has 3 rings (SSSR count). The Morgan fingerprint density at radius 1 is 1.28 bits per heavy atom. The third kappa shape index (κ3) is 4.31. The van der Waals surface area contributed by atoms with Crippen LogP contribution in [0.5, 0.6) is 0 Å². The lowest BCUT2D eigenvalue weighted by molar-refractivity contribution is -0.120. The number of carbonyl (C=O) groups is 1. The van der Waals surface area contributed by atoms with Crippen LogP contribution in [0.4, 0.5) is 0 Å². The molecule has 1 fully saturated rings. The van der Waals surface area contributed by atoms with Crippen molar-refractivity contribution in [2.24, 2.45) is 16.6 Å². The summed E-state index contributed by atoms with van der Waals surface area (Å²) >= 11 is 0. The summed E-state index contributed by atoms with van der Waals surface area (Å²) in [6, 6.07) is 6.68. The van der Waals surface area contributed by atoms with Crippen LogP contribution in [0.1, 0.15) is 31.2 Å². The van der Waals surface area contributed by atoms with Crippen LogP contribution in [-0.2, 0) is 14.8 Å². The molecule has 1 aromatic rings. The summed E-state index contributed by atoms with van der Waals surface area (Å²) < 4.78 is 26.4. The number of amidine groups is 1. The second-order valence-corrected chi connectivity index (χ2v) is 7.87. The lowest BCUT2D eigenvalue weighted by Crippen LogP contribution is -2.45. The molecule has 9 heteroatoms. The molecule has 0 aromatic heterocycles. The highest BCUT2D eigenvalue weighted by Gasteiger charge is 2.30. The van der Waals surface area contributed by atoms with Gasteiger partial charge in [0.2, 0.25) is 5.91 Å². The quantitative estimate of drug-likeness (QED) is 0.709. The fraction of sp³-hybridized carbons (Fsp3) is 0.500. The molecule has 0 spiro atoms. The van der Waals surface area contributed by atoms with Crippen molar-refractivity contribution >= 4 is 34.2 Å². The van der Waals surface area contributed by atoms with Gasteiger partial charge in [-0.1, -0.05) is 25.0 Å². The number of hydrogen-bond donors (Lipinski definition) is 3. The third-order valence-electron chi connectivity index (χ3n) is 4.60. The van der Waals surface area contributed by atoms with Crippen molar-refractivity contribution in [3.63, 3.8) is 0 Å². The molecule has 1 saturated carbocycles. The van der Waals surface area contributed by atoms with E-state index in [1.165, 1.54) is 6.07 Å². The highest BCUT2D eigenvalue weighted by Crippen LogP contribution is 2.24. The van der Waals surface area contributed by atoms with Gasteiger partial charge in [0.05, 0.1) is 4.90 Å². The maximum absolute atomic E-state index is 12.2. The lowest BCUT2D eigenvalue weighted by Gasteiger charge is -2.31. The molecule has 7 nitrogen and oxygen atoms in total. The molecule has 2 atom stereocenters. The molecule has 4 N–H and O–H groups in total. The van der Waals surface area contributed by atoms with Crippen LogP contribution in [0.3, 0.4) is 0 Å². The molecule has 138 valence electrons. The van der Waals surface area contributed by atoms with Crippen molar-refractivity contribution in [2.75, 3.05) is 13.1 Å². The maximum Gasteiger partial charge on any atom is 0.263 e. The molecule has 0 radical (unpaired) electrons. The number of halogens is 1. The summed E-state index contributed by atoms with van der Waals surface area (Å²) in [5, 5.41) is 2.99. The first-order valence-corrected chi connectivity index (χ1v) is 9.65. The number of sulfonamides is 1. The van der Waals surface area contributed by atoms with E-state index in [4.69, 9.17) is 5.73 Å². The molecule has 1 aliphatic heterocycles. The molecule has 25 heavy (non-hydrogen) atoms. The summed E-state index contributed by atoms with van der Waals surface area (Å²) in [5.41, 5.74) is 6.27. The molecule has 1 heterocycles. The number of fused-ring (bicyclic) bond motifs is 1.